The molecule has 1 atom stereocenters. The predicted molar refractivity (Wildman–Crippen MR) is 106 cm³/mol. The predicted octanol–water partition coefficient (Wildman–Crippen LogP) is 2.33. The topological polar surface area (TPSA) is 86.9 Å². The third kappa shape index (κ3) is 3.26. The summed E-state index contributed by atoms with van der Waals surface area (Å²) in [5.41, 5.74) is 1.98. The summed E-state index contributed by atoms with van der Waals surface area (Å²) in [6, 6.07) is 7.62. The molecule has 8 heteroatoms. The van der Waals surface area contributed by atoms with Crippen LogP contribution in [0.25, 0.3) is 16.9 Å². The Kier molecular flexibility index (Phi) is 4.85. The summed E-state index contributed by atoms with van der Waals surface area (Å²) in [5.74, 6) is 0.976. The number of hydrogen-bond acceptors (Lipinski definition) is 6. The van der Waals surface area contributed by atoms with Gasteiger partial charge >= 0.3 is 0 Å². The van der Waals surface area contributed by atoms with Crippen LogP contribution in [-0.4, -0.2) is 61.7 Å². The van der Waals surface area contributed by atoms with Crippen LogP contribution in [0.3, 0.4) is 0 Å². The summed E-state index contributed by atoms with van der Waals surface area (Å²) in [7, 11) is 1.89. The molecule has 1 fully saturated rings. The van der Waals surface area contributed by atoms with Crippen LogP contribution in [0.15, 0.2) is 36.7 Å². The number of rotatable bonds is 5. The average Bonchev–Trinajstić information content (AvgIpc) is 3.35. The lowest BCUT2D eigenvalue weighted by molar-refractivity contribution is -0.131. The molecule has 1 aliphatic rings. The van der Waals surface area contributed by atoms with E-state index in [-0.39, 0.29) is 17.8 Å². The molecule has 1 amide bonds. The van der Waals surface area contributed by atoms with E-state index in [0.717, 1.165) is 31.7 Å². The maximum absolute atomic E-state index is 12.2. The number of imidazole rings is 1. The Balaban J connectivity index is 1.60. The molecule has 1 aliphatic heterocycles. The zero-order valence-corrected chi connectivity index (χ0v) is 16.1. The van der Waals surface area contributed by atoms with E-state index in [2.05, 4.69) is 14.9 Å². The van der Waals surface area contributed by atoms with Gasteiger partial charge in [-0.15, -0.1) is 5.10 Å². The summed E-state index contributed by atoms with van der Waals surface area (Å²) in [6.07, 6.45) is 5.60. The zero-order chi connectivity index (χ0) is 19.7. The largest absolute Gasteiger partial charge is 0.493 e. The fourth-order valence-corrected chi connectivity index (χ4v) is 3.67. The molecule has 0 unspecified atom stereocenters. The number of fused-ring (bicyclic) bond motifs is 1. The van der Waals surface area contributed by atoms with Gasteiger partial charge in [0.05, 0.1) is 23.5 Å². The van der Waals surface area contributed by atoms with Gasteiger partial charge in [0.2, 0.25) is 11.8 Å². The second-order valence-electron chi connectivity index (χ2n) is 7.12. The number of carbonyl (C=O) groups excluding carboxylic acids is 1. The van der Waals surface area contributed by atoms with Crippen LogP contribution in [0.2, 0.25) is 0 Å². The van der Waals surface area contributed by atoms with E-state index in [9.17, 15) is 9.90 Å². The van der Waals surface area contributed by atoms with Crippen LogP contribution in [0.1, 0.15) is 26.2 Å². The van der Waals surface area contributed by atoms with Crippen molar-refractivity contribution < 1.29 is 9.90 Å². The molecule has 0 spiro atoms. The van der Waals surface area contributed by atoms with Crippen molar-refractivity contribution in [1.29, 1.82) is 0 Å². The summed E-state index contributed by atoms with van der Waals surface area (Å²) in [4.78, 5) is 24.6. The molecule has 0 aromatic carbocycles. The number of anilines is 1. The number of amides is 1. The van der Waals surface area contributed by atoms with Crippen molar-refractivity contribution in [2.75, 3.05) is 25.0 Å². The lowest BCUT2D eigenvalue weighted by atomic mass is 10.2. The number of carbonyl (C=O) groups is 1. The van der Waals surface area contributed by atoms with Gasteiger partial charge in [-0.25, -0.2) is 14.5 Å². The van der Waals surface area contributed by atoms with Gasteiger partial charge < -0.3 is 14.9 Å². The minimum Gasteiger partial charge on any atom is -0.493 e. The van der Waals surface area contributed by atoms with Gasteiger partial charge in [0.25, 0.3) is 0 Å². The Morgan fingerprint density at radius 2 is 2.18 bits per heavy atom. The van der Waals surface area contributed by atoms with E-state index in [1.807, 2.05) is 31.0 Å². The van der Waals surface area contributed by atoms with Gasteiger partial charge in [0, 0.05) is 32.8 Å². The third-order valence-electron chi connectivity index (χ3n) is 5.30. The SMILES string of the molecule is CCCC(=O)N(C)[C@H]1CCN(c2ccc3ncc(-c4cccnc4O)n3n2)C1. The van der Waals surface area contributed by atoms with Crippen LogP contribution in [0.4, 0.5) is 5.82 Å². The second kappa shape index (κ2) is 7.46. The van der Waals surface area contributed by atoms with Crippen molar-refractivity contribution in [3.63, 3.8) is 0 Å². The van der Waals surface area contributed by atoms with Gasteiger partial charge in [-0.05, 0) is 37.1 Å². The standard InChI is InChI=1S/C20H24N6O2/c1-3-5-19(27)24(2)14-9-11-25(13-14)18-8-7-17-22-12-16(26(17)23-18)15-6-4-10-21-20(15)28/h4,6-8,10,12,14H,3,5,9,11,13H2,1-2H3,(H,21,28)/t14-/m0/s1. The number of likely N-dealkylation sites (N-methyl/N-ethyl adjacent to an activating group) is 1. The van der Waals surface area contributed by atoms with Crippen LogP contribution in [0, 0.1) is 0 Å². The van der Waals surface area contributed by atoms with Crippen LogP contribution in [-0.2, 0) is 4.79 Å². The van der Waals surface area contributed by atoms with E-state index < -0.39 is 0 Å². The highest BCUT2D eigenvalue weighted by Crippen LogP contribution is 2.28. The van der Waals surface area contributed by atoms with Crippen LogP contribution in [0.5, 0.6) is 5.88 Å². The normalized spacial score (nSPS) is 16.6. The molecule has 0 radical (unpaired) electrons. The molecule has 0 bridgehead atoms. The second-order valence-corrected chi connectivity index (χ2v) is 7.12. The van der Waals surface area contributed by atoms with Gasteiger partial charge in [-0.2, -0.15) is 0 Å². The van der Waals surface area contributed by atoms with Gasteiger partial charge in [0.1, 0.15) is 5.82 Å². The van der Waals surface area contributed by atoms with Crippen molar-refractivity contribution in [2.24, 2.45) is 0 Å². The maximum atomic E-state index is 12.2. The molecule has 1 saturated heterocycles. The van der Waals surface area contributed by atoms with E-state index >= 15 is 0 Å². The Morgan fingerprint density at radius 3 is 2.96 bits per heavy atom. The Bertz CT molecular complexity index is 1000. The molecular weight excluding hydrogens is 356 g/mol. The zero-order valence-electron chi connectivity index (χ0n) is 16.1. The van der Waals surface area contributed by atoms with Gasteiger partial charge in [-0.1, -0.05) is 6.92 Å². The van der Waals surface area contributed by atoms with Crippen molar-refractivity contribution in [1.82, 2.24) is 24.5 Å². The molecular formula is C20H24N6O2. The molecule has 28 heavy (non-hydrogen) atoms. The molecule has 4 rings (SSSR count). The first-order valence-corrected chi connectivity index (χ1v) is 9.58. The number of nitrogens with zero attached hydrogens (tertiary/aromatic N) is 6. The number of pyridine rings is 1. The molecule has 8 nitrogen and oxygen atoms in total. The Morgan fingerprint density at radius 1 is 1.32 bits per heavy atom. The van der Waals surface area contributed by atoms with Crippen LogP contribution >= 0.6 is 0 Å². The van der Waals surface area contributed by atoms with Crippen molar-refractivity contribution in [3.8, 4) is 17.1 Å². The lowest BCUT2D eigenvalue weighted by Crippen LogP contribution is -2.39. The third-order valence-corrected chi connectivity index (χ3v) is 5.30. The summed E-state index contributed by atoms with van der Waals surface area (Å²) >= 11 is 0. The smallest absolute Gasteiger partial charge is 0.222 e. The monoisotopic (exact) mass is 380 g/mol. The molecule has 0 saturated carbocycles. The molecule has 3 aromatic heterocycles. The highest BCUT2D eigenvalue weighted by atomic mass is 16.3. The molecule has 3 aromatic rings. The minimum atomic E-state index is -0.0474. The molecule has 146 valence electrons. The molecule has 4 heterocycles. The number of hydrogen-bond donors (Lipinski definition) is 1. The molecule has 1 N–H and O–H groups in total. The summed E-state index contributed by atoms with van der Waals surface area (Å²) in [6.45, 7) is 3.62. The average molecular weight is 380 g/mol. The van der Waals surface area contributed by atoms with E-state index in [1.165, 1.54) is 0 Å². The van der Waals surface area contributed by atoms with E-state index in [1.54, 1.807) is 29.0 Å². The number of aromatic nitrogens is 4. The first kappa shape index (κ1) is 18.2. The lowest BCUT2D eigenvalue weighted by Gasteiger charge is -2.25. The first-order chi connectivity index (χ1) is 13.6. The summed E-state index contributed by atoms with van der Waals surface area (Å²) < 4.78 is 1.73. The fraction of sp³-hybridized carbons (Fsp3) is 0.400. The van der Waals surface area contributed by atoms with E-state index in [0.29, 0.717) is 23.3 Å². The Labute approximate surface area is 163 Å². The quantitative estimate of drug-likeness (QED) is 0.731. The fourth-order valence-electron chi connectivity index (χ4n) is 3.67. The highest BCUT2D eigenvalue weighted by molar-refractivity contribution is 5.76. The van der Waals surface area contributed by atoms with Crippen molar-refractivity contribution >= 4 is 17.4 Å². The van der Waals surface area contributed by atoms with Crippen molar-refractivity contribution in [2.45, 2.75) is 32.2 Å². The highest BCUT2D eigenvalue weighted by Gasteiger charge is 2.29. The first-order valence-electron chi connectivity index (χ1n) is 9.58. The molecule has 0 aliphatic carbocycles. The Hall–Kier alpha value is -3.16. The number of aromatic hydroxyl groups is 1. The maximum Gasteiger partial charge on any atom is 0.222 e. The summed E-state index contributed by atoms with van der Waals surface area (Å²) in [5, 5.41) is 14.8. The van der Waals surface area contributed by atoms with Crippen LogP contribution < -0.4 is 4.90 Å². The van der Waals surface area contributed by atoms with Gasteiger partial charge in [0.15, 0.2) is 5.65 Å². The van der Waals surface area contributed by atoms with Crippen molar-refractivity contribution in [3.05, 3.63) is 36.7 Å². The van der Waals surface area contributed by atoms with E-state index in [4.69, 9.17) is 5.10 Å². The minimum absolute atomic E-state index is 0.0474. The van der Waals surface area contributed by atoms with Gasteiger partial charge in [-0.3, -0.25) is 4.79 Å².